The van der Waals surface area contributed by atoms with Gasteiger partial charge >= 0.3 is 0 Å². The number of rotatable bonds is 4. The van der Waals surface area contributed by atoms with Gasteiger partial charge in [0.25, 0.3) is 5.56 Å². The molecule has 0 fully saturated rings. The minimum Gasteiger partial charge on any atom is -0.508 e. The van der Waals surface area contributed by atoms with Gasteiger partial charge in [0.1, 0.15) is 5.75 Å². The fraction of sp³-hybridized carbons (Fsp3) is 0.357. The summed E-state index contributed by atoms with van der Waals surface area (Å²) in [5, 5.41) is 20.1. The summed E-state index contributed by atoms with van der Waals surface area (Å²) in [5.41, 5.74) is 0.0528. The van der Waals surface area contributed by atoms with Gasteiger partial charge in [-0.2, -0.15) is 0 Å². The molecule has 1 aromatic carbocycles. The monoisotopic (exact) mass is 263 g/mol. The second kappa shape index (κ2) is 5.22. The molecule has 19 heavy (non-hydrogen) atoms. The van der Waals surface area contributed by atoms with Crippen LogP contribution in [0.3, 0.4) is 0 Å². The van der Waals surface area contributed by atoms with Crippen LogP contribution in [0, 0.1) is 0 Å². The zero-order valence-corrected chi connectivity index (χ0v) is 11.0. The molecule has 0 aliphatic carbocycles. The molecule has 0 atom stereocenters. The molecule has 1 heterocycles. The van der Waals surface area contributed by atoms with Gasteiger partial charge in [0.15, 0.2) is 5.75 Å². The summed E-state index contributed by atoms with van der Waals surface area (Å²) < 4.78 is 6.74. The SMILES string of the molecule is CCCCOc1c(O)c2ccc(O)cc2n(C)c1=O. The van der Waals surface area contributed by atoms with Crippen molar-refractivity contribution in [1.29, 1.82) is 0 Å². The Bertz CT molecular complexity index is 661. The normalized spacial score (nSPS) is 10.8. The Morgan fingerprint density at radius 2 is 2.05 bits per heavy atom. The number of pyridine rings is 1. The highest BCUT2D eigenvalue weighted by Gasteiger charge is 2.16. The zero-order valence-electron chi connectivity index (χ0n) is 11.0. The standard InChI is InChI=1S/C14H17NO4/c1-3-4-7-19-13-12(17)10-6-5-9(16)8-11(10)15(2)14(13)18/h5-6,8,16-17H,3-4,7H2,1-2H3. The Morgan fingerprint density at radius 1 is 1.32 bits per heavy atom. The molecule has 0 saturated carbocycles. The lowest BCUT2D eigenvalue weighted by Gasteiger charge is -2.12. The number of aromatic hydroxyl groups is 2. The summed E-state index contributed by atoms with van der Waals surface area (Å²) in [6.07, 6.45) is 1.76. The first-order valence-corrected chi connectivity index (χ1v) is 6.23. The molecule has 5 nitrogen and oxygen atoms in total. The van der Waals surface area contributed by atoms with Crippen molar-refractivity contribution in [2.24, 2.45) is 7.05 Å². The van der Waals surface area contributed by atoms with Gasteiger partial charge in [0.2, 0.25) is 5.75 Å². The van der Waals surface area contributed by atoms with Crippen LogP contribution in [0.25, 0.3) is 10.9 Å². The Balaban J connectivity index is 2.60. The fourth-order valence-electron chi connectivity index (χ4n) is 1.93. The molecule has 0 amide bonds. The summed E-state index contributed by atoms with van der Waals surface area (Å²) >= 11 is 0. The third-order valence-corrected chi connectivity index (χ3v) is 3.06. The first-order valence-electron chi connectivity index (χ1n) is 6.23. The van der Waals surface area contributed by atoms with E-state index in [1.165, 1.54) is 16.7 Å². The van der Waals surface area contributed by atoms with E-state index >= 15 is 0 Å². The second-order valence-electron chi connectivity index (χ2n) is 4.45. The Morgan fingerprint density at radius 3 is 2.74 bits per heavy atom. The highest BCUT2D eigenvalue weighted by Crippen LogP contribution is 2.32. The fourth-order valence-corrected chi connectivity index (χ4v) is 1.93. The van der Waals surface area contributed by atoms with Crippen molar-refractivity contribution in [1.82, 2.24) is 4.57 Å². The molecule has 0 radical (unpaired) electrons. The van der Waals surface area contributed by atoms with Gasteiger partial charge in [-0.15, -0.1) is 0 Å². The summed E-state index contributed by atoms with van der Waals surface area (Å²) in [4.78, 5) is 12.1. The Kier molecular flexibility index (Phi) is 3.64. The largest absolute Gasteiger partial charge is 0.508 e. The number of phenols is 1. The van der Waals surface area contributed by atoms with Gasteiger partial charge in [-0.1, -0.05) is 13.3 Å². The summed E-state index contributed by atoms with van der Waals surface area (Å²) in [5.74, 6) is -0.162. The third-order valence-electron chi connectivity index (χ3n) is 3.06. The molecule has 2 aromatic rings. The predicted molar refractivity (Wildman–Crippen MR) is 72.9 cm³/mol. The van der Waals surface area contributed by atoms with E-state index in [2.05, 4.69) is 0 Å². The van der Waals surface area contributed by atoms with E-state index in [4.69, 9.17) is 4.74 Å². The van der Waals surface area contributed by atoms with E-state index in [0.29, 0.717) is 17.5 Å². The first kappa shape index (κ1) is 13.3. The summed E-state index contributed by atoms with van der Waals surface area (Å²) in [7, 11) is 1.58. The molecular weight excluding hydrogens is 246 g/mol. The van der Waals surface area contributed by atoms with Crippen molar-refractivity contribution in [2.45, 2.75) is 19.8 Å². The molecule has 0 spiro atoms. The van der Waals surface area contributed by atoms with Crippen LogP contribution in [-0.2, 0) is 7.05 Å². The zero-order chi connectivity index (χ0) is 14.0. The van der Waals surface area contributed by atoms with Crippen molar-refractivity contribution < 1.29 is 14.9 Å². The number of aryl methyl sites for hydroxylation is 1. The number of ether oxygens (including phenoxy) is 1. The van der Waals surface area contributed by atoms with Crippen LogP contribution >= 0.6 is 0 Å². The van der Waals surface area contributed by atoms with Gasteiger partial charge in [-0.3, -0.25) is 4.79 Å². The van der Waals surface area contributed by atoms with Crippen LogP contribution in [0.5, 0.6) is 17.2 Å². The number of hydrogen-bond donors (Lipinski definition) is 2. The maximum Gasteiger partial charge on any atom is 0.297 e. The number of benzene rings is 1. The third kappa shape index (κ3) is 2.36. The summed E-state index contributed by atoms with van der Waals surface area (Å²) in [6, 6.07) is 4.46. The van der Waals surface area contributed by atoms with E-state index in [9.17, 15) is 15.0 Å². The van der Waals surface area contributed by atoms with Gasteiger partial charge in [-0.05, 0) is 18.6 Å². The lowest BCUT2D eigenvalue weighted by molar-refractivity contribution is 0.288. The quantitative estimate of drug-likeness (QED) is 0.829. The second-order valence-corrected chi connectivity index (χ2v) is 4.45. The molecule has 0 unspecified atom stereocenters. The lowest BCUT2D eigenvalue weighted by Crippen LogP contribution is -2.20. The lowest BCUT2D eigenvalue weighted by atomic mass is 10.2. The Labute approximate surface area is 110 Å². The van der Waals surface area contributed by atoms with E-state index in [1.54, 1.807) is 13.1 Å². The smallest absolute Gasteiger partial charge is 0.297 e. The minimum absolute atomic E-state index is 0.0332. The van der Waals surface area contributed by atoms with Gasteiger partial charge < -0.3 is 19.5 Å². The topological polar surface area (TPSA) is 71.7 Å². The number of aromatic nitrogens is 1. The van der Waals surface area contributed by atoms with Crippen molar-refractivity contribution in [3.05, 3.63) is 28.6 Å². The van der Waals surface area contributed by atoms with Crippen molar-refractivity contribution in [3.63, 3.8) is 0 Å². The molecule has 0 aliphatic rings. The van der Waals surface area contributed by atoms with E-state index in [-0.39, 0.29) is 17.2 Å². The van der Waals surface area contributed by atoms with Gasteiger partial charge in [-0.25, -0.2) is 0 Å². The summed E-state index contributed by atoms with van der Waals surface area (Å²) in [6.45, 7) is 2.41. The molecule has 0 saturated heterocycles. The van der Waals surface area contributed by atoms with Crippen molar-refractivity contribution in [2.75, 3.05) is 6.61 Å². The van der Waals surface area contributed by atoms with E-state index < -0.39 is 5.56 Å². The number of unbranched alkanes of at least 4 members (excludes halogenated alkanes) is 1. The number of hydrogen-bond acceptors (Lipinski definition) is 4. The highest BCUT2D eigenvalue weighted by atomic mass is 16.5. The molecular formula is C14H17NO4. The molecule has 1 aromatic heterocycles. The van der Waals surface area contributed by atoms with Crippen LogP contribution in [-0.4, -0.2) is 21.4 Å². The average molecular weight is 263 g/mol. The van der Waals surface area contributed by atoms with E-state index in [1.807, 2.05) is 6.92 Å². The van der Waals surface area contributed by atoms with Crippen LogP contribution in [0.15, 0.2) is 23.0 Å². The van der Waals surface area contributed by atoms with Gasteiger partial charge in [0.05, 0.1) is 12.1 Å². The first-order chi connectivity index (χ1) is 9.06. The highest BCUT2D eigenvalue weighted by molar-refractivity contribution is 5.88. The van der Waals surface area contributed by atoms with E-state index in [0.717, 1.165) is 12.8 Å². The maximum absolute atomic E-state index is 12.1. The van der Waals surface area contributed by atoms with Crippen molar-refractivity contribution in [3.8, 4) is 17.2 Å². The number of phenolic OH excluding ortho intramolecular Hbond substituents is 1. The molecule has 0 bridgehead atoms. The number of nitrogens with zero attached hydrogens (tertiary/aromatic N) is 1. The molecule has 5 heteroatoms. The van der Waals surface area contributed by atoms with Crippen LogP contribution in [0.1, 0.15) is 19.8 Å². The van der Waals surface area contributed by atoms with Gasteiger partial charge in [0, 0.05) is 18.5 Å². The minimum atomic E-state index is -0.410. The van der Waals surface area contributed by atoms with Crippen LogP contribution < -0.4 is 10.3 Å². The number of fused-ring (bicyclic) bond motifs is 1. The molecule has 0 aliphatic heterocycles. The van der Waals surface area contributed by atoms with Crippen LogP contribution in [0.2, 0.25) is 0 Å². The molecule has 2 N–H and O–H groups in total. The molecule has 2 rings (SSSR count). The maximum atomic E-state index is 12.1. The predicted octanol–water partition coefficient (Wildman–Crippen LogP) is 2.13. The Hall–Kier alpha value is -2.17. The average Bonchev–Trinajstić information content (AvgIpc) is 2.40. The molecule has 102 valence electrons. The van der Waals surface area contributed by atoms with Crippen LogP contribution in [0.4, 0.5) is 0 Å². The van der Waals surface area contributed by atoms with Crippen molar-refractivity contribution >= 4 is 10.9 Å².